The molecule has 146 valence electrons. The minimum absolute atomic E-state index is 0.0177. The minimum atomic E-state index is -0.208. The van der Waals surface area contributed by atoms with Gasteiger partial charge in [-0.25, -0.2) is 0 Å². The van der Waals surface area contributed by atoms with E-state index >= 15 is 0 Å². The summed E-state index contributed by atoms with van der Waals surface area (Å²) in [6, 6.07) is 3.22. The van der Waals surface area contributed by atoms with Gasteiger partial charge in [0.1, 0.15) is 0 Å². The summed E-state index contributed by atoms with van der Waals surface area (Å²) < 4.78 is 10.6. The molecule has 0 aliphatic carbocycles. The van der Waals surface area contributed by atoms with Crippen LogP contribution in [0.3, 0.4) is 0 Å². The molecule has 2 aliphatic rings. The van der Waals surface area contributed by atoms with Crippen LogP contribution in [0.25, 0.3) is 0 Å². The maximum atomic E-state index is 12.5. The zero-order valence-corrected chi connectivity index (χ0v) is 15.9. The lowest BCUT2D eigenvalue weighted by atomic mass is 10.1. The van der Waals surface area contributed by atoms with E-state index < -0.39 is 0 Å². The molecule has 2 amide bonds. The van der Waals surface area contributed by atoms with Crippen LogP contribution in [0.4, 0.5) is 5.69 Å². The molecule has 2 aliphatic heterocycles. The van der Waals surface area contributed by atoms with Crippen LogP contribution in [-0.2, 0) is 9.59 Å². The first-order chi connectivity index (χ1) is 12.8. The van der Waals surface area contributed by atoms with Gasteiger partial charge in [0.05, 0.1) is 12.2 Å². The van der Waals surface area contributed by atoms with Crippen LogP contribution in [0.15, 0.2) is 12.1 Å². The molecule has 0 unspecified atom stereocenters. The third kappa shape index (κ3) is 4.39. The summed E-state index contributed by atoms with van der Waals surface area (Å²) in [7, 11) is 0. The van der Waals surface area contributed by atoms with Crippen molar-refractivity contribution in [2.45, 2.75) is 20.8 Å². The molecule has 8 nitrogen and oxygen atoms in total. The predicted molar refractivity (Wildman–Crippen MR) is 99.1 cm³/mol. The van der Waals surface area contributed by atoms with Crippen molar-refractivity contribution >= 4 is 23.3 Å². The number of fused-ring (bicyclic) bond motifs is 1. The molecule has 1 saturated heterocycles. The Morgan fingerprint density at radius 3 is 2.30 bits per heavy atom. The van der Waals surface area contributed by atoms with Crippen molar-refractivity contribution in [3.63, 3.8) is 0 Å². The van der Waals surface area contributed by atoms with Crippen LogP contribution in [0, 0.1) is 5.92 Å². The maximum absolute atomic E-state index is 12.5. The molecule has 1 fully saturated rings. The highest BCUT2D eigenvalue weighted by Crippen LogP contribution is 2.37. The molecular formula is C19H25N3O5. The molecular weight excluding hydrogens is 350 g/mol. The van der Waals surface area contributed by atoms with E-state index in [1.165, 1.54) is 6.92 Å². The monoisotopic (exact) mass is 375 g/mol. The molecule has 1 aromatic carbocycles. The fourth-order valence-electron chi connectivity index (χ4n) is 3.22. The third-order valence-corrected chi connectivity index (χ3v) is 4.71. The van der Waals surface area contributed by atoms with Crippen molar-refractivity contribution in [1.29, 1.82) is 0 Å². The number of ketones is 1. The van der Waals surface area contributed by atoms with Gasteiger partial charge in [0, 0.05) is 43.7 Å². The summed E-state index contributed by atoms with van der Waals surface area (Å²) >= 11 is 0. The second kappa shape index (κ2) is 7.96. The number of benzene rings is 1. The number of rotatable bonds is 5. The minimum Gasteiger partial charge on any atom is -0.454 e. The highest BCUT2D eigenvalue weighted by Gasteiger charge is 2.25. The largest absolute Gasteiger partial charge is 0.454 e. The molecule has 0 saturated carbocycles. The van der Waals surface area contributed by atoms with E-state index in [9.17, 15) is 14.4 Å². The van der Waals surface area contributed by atoms with Gasteiger partial charge in [-0.3, -0.25) is 19.3 Å². The lowest BCUT2D eigenvalue weighted by Gasteiger charge is -2.35. The average Bonchev–Trinajstić information content (AvgIpc) is 3.08. The topological polar surface area (TPSA) is 88.2 Å². The number of carbonyl (C=O) groups excluding carboxylic acids is 3. The molecule has 0 atom stereocenters. The molecule has 3 rings (SSSR count). The standard InChI is InChI=1S/C19H25N3O5/c1-12(2)19(25)22-6-4-21(5-7-22)10-18(24)20-15-9-17-16(26-11-27-17)8-14(15)13(3)23/h8-9,12H,4-7,10-11H2,1-3H3,(H,20,24). The molecule has 0 spiro atoms. The summed E-state index contributed by atoms with van der Waals surface area (Å²) in [5, 5.41) is 2.80. The van der Waals surface area contributed by atoms with E-state index in [4.69, 9.17) is 9.47 Å². The highest BCUT2D eigenvalue weighted by molar-refractivity contribution is 6.05. The van der Waals surface area contributed by atoms with Crippen LogP contribution in [0.2, 0.25) is 0 Å². The van der Waals surface area contributed by atoms with Gasteiger partial charge in [-0.05, 0) is 13.0 Å². The van der Waals surface area contributed by atoms with Gasteiger partial charge in [-0.1, -0.05) is 13.8 Å². The molecule has 0 bridgehead atoms. The van der Waals surface area contributed by atoms with Crippen molar-refractivity contribution in [3.8, 4) is 11.5 Å². The zero-order chi connectivity index (χ0) is 19.6. The predicted octanol–water partition coefficient (Wildman–Crippen LogP) is 1.36. The number of ether oxygens (including phenoxy) is 2. The van der Waals surface area contributed by atoms with E-state index in [0.29, 0.717) is 48.9 Å². The Bertz CT molecular complexity index is 754. The van der Waals surface area contributed by atoms with E-state index in [2.05, 4.69) is 5.32 Å². The molecule has 2 heterocycles. The fourth-order valence-corrected chi connectivity index (χ4v) is 3.22. The maximum Gasteiger partial charge on any atom is 0.238 e. The van der Waals surface area contributed by atoms with E-state index in [0.717, 1.165) is 0 Å². The van der Waals surface area contributed by atoms with Crippen molar-refractivity contribution in [1.82, 2.24) is 9.80 Å². The lowest BCUT2D eigenvalue weighted by Crippen LogP contribution is -2.51. The van der Waals surface area contributed by atoms with Crippen molar-refractivity contribution < 1.29 is 23.9 Å². The fraction of sp³-hybridized carbons (Fsp3) is 0.526. The number of nitrogens with zero attached hydrogens (tertiary/aromatic N) is 2. The van der Waals surface area contributed by atoms with Crippen molar-refractivity contribution in [2.75, 3.05) is 44.8 Å². The highest BCUT2D eigenvalue weighted by atomic mass is 16.7. The molecule has 1 aromatic rings. The Labute approximate surface area is 158 Å². The van der Waals surface area contributed by atoms with Crippen LogP contribution in [0.1, 0.15) is 31.1 Å². The Morgan fingerprint density at radius 1 is 1.07 bits per heavy atom. The third-order valence-electron chi connectivity index (χ3n) is 4.71. The Balaban J connectivity index is 1.59. The summed E-state index contributed by atoms with van der Waals surface area (Å²) in [6.45, 7) is 8.05. The molecule has 8 heteroatoms. The molecule has 1 N–H and O–H groups in total. The van der Waals surface area contributed by atoms with Crippen LogP contribution >= 0.6 is 0 Å². The van der Waals surface area contributed by atoms with Crippen molar-refractivity contribution in [3.05, 3.63) is 17.7 Å². The quantitative estimate of drug-likeness (QED) is 0.782. The molecule has 27 heavy (non-hydrogen) atoms. The summed E-state index contributed by atoms with van der Waals surface area (Å²) in [6.07, 6.45) is 0. The van der Waals surface area contributed by atoms with Gasteiger partial charge in [0.2, 0.25) is 18.6 Å². The molecule has 0 radical (unpaired) electrons. The number of anilines is 1. The van der Waals surface area contributed by atoms with Gasteiger partial charge in [-0.2, -0.15) is 0 Å². The number of amides is 2. The SMILES string of the molecule is CC(=O)c1cc2c(cc1NC(=O)CN1CCN(C(=O)C(C)C)CC1)OCO2. The Kier molecular flexibility index (Phi) is 5.65. The first kappa shape index (κ1) is 19.2. The first-order valence-electron chi connectivity index (χ1n) is 9.10. The van der Waals surface area contributed by atoms with E-state index in [1.807, 2.05) is 23.6 Å². The number of piperazine rings is 1. The van der Waals surface area contributed by atoms with E-state index in [-0.39, 0.29) is 36.9 Å². The zero-order valence-electron chi connectivity index (χ0n) is 15.9. The Hall–Kier alpha value is -2.61. The number of hydrogen-bond acceptors (Lipinski definition) is 6. The average molecular weight is 375 g/mol. The smallest absolute Gasteiger partial charge is 0.238 e. The van der Waals surface area contributed by atoms with Gasteiger partial charge in [0.25, 0.3) is 0 Å². The van der Waals surface area contributed by atoms with E-state index in [1.54, 1.807) is 12.1 Å². The summed E-state index contributed by atoms with van der Waals surface area (Å²) in [5.41, 5.74) is 0.810. The van der Waals surface area contributed by atoms with Crippen LogP contribution < -0.4 is 14.8 Å². The van der Waals surface area contributed by atoms with Gasteiger partial charge in [-0.15, -0.1) is 0 Å². The summed E-state index contributed by atoms with van der Waals surface area (Å²) in [4.78, 5) is 40.2. The number of nitrogens with one attached hydrogen (secondary N) is 1. The second-order valence-corrected chi connectivity index (χ2v) is 7.11. The van der Waals surface area contributed by atoms with Gasteiger partial charge < -0.3 is 19.7 Å². The normalized spacial score (nSPS) is 16.5. The molecule has 0 aromatic heterocycles. The number of carbonyl (C=O) groups is 3. The second-order valence-electron chi connectivity index (χ2n) is 7.11. The van der Waals surface area contributed by atoms with Crippen LogP contribution in [-0.4, -0.2) is 66.9 Å². The van der Waals surface area contributed by atoms with Crippen molar-refractivity contribution in [2.24, 2.45) is 5.92 Å². The number of Topliss-reactive ketones (excluding diaryl/α,β-unsaturated/α-hetero) is 1. The van der Waals surface area contributed by atoms with Crippen LogP contribution in [0.5, 0.6) is 11.5 Å². The lowest BCUT2D eigenvalue weighted by molar-refractivity contribution is -0.136. The first-order valence-corrected chi connectivity index (χ1v) is 9.10. The Morgan fingerprint density at radius 2 is 1.70 bits per heavy atom. The number of hydrogen-bond donors (Lipinski definition) is 1. The van der Waals surface area contributed by atoms with Gasteiger partial charge >= 0.3 is 0 Å². The van der Waals surface area contributed by atoms with Gasteiger partial charge in [0.15, 0.2) is 17.3 Å². The summed E-state index contributed by atoms with van der Waals surface area (Å²) in [5.74, 6) is 0.770.